The van der Waals surface area contributed by atoms with Crippen LogP contribution in [0.2, 0.25) is 5.02 Å². The molecule has 90 valence electrons. The van der Waals surface area contributed by atoms with Crippen molar-refractivity contribution in [1.29, 1.82) is 0 Å². The fourth-order valence-electron chi connectivity index (χ4n) is 1.54. The molecule has 0 spiro atoms. The molecule has 0 aromatic heterocycles. The Morgan fingerprint density at radius 3 is 2.50 bits per heavy atom. The predicted octanol–water partition coefficient (Wildman–Crippen LogP) is 4.23. The maximum atomic E-state index is 13.7. The van der Waals surface area contributed by atoms with E-state index in [1.807, 2.05) is 18.2 Å². The van der Waals surface area contributed by atoms with Crippen molar-refractivity contribution >= 4 is 11.6 Å². The highest BCUT2D eigenvalue weighted by Crippen LogP contribution is 2.25. The molecule has 0 saturated heterocycles. The van der Waals surface area contributed by atoms with Crippen LogP contribution in [0.5, 0.6) is 5.75 Å². The van der Waals surface area contributed by atoms with E-state index in [2.05, 4.69) is 5.92 Å². The van der Waals surface area contributed by atoms with E-state index >= 15 is 0 Å². The van der Waals surface area contributed by atoms with Gasteiger partial charge in [0, 0.05) is 10.6 Å². The van der Waals surface area contributed by atoms with Crippen molar-refractivity contribution in [3.63, 3.8) is 0 Å². The Labute approximate surface area is 110 Å². The van der Waals surface area contributed by atoms with Gasteiger partial charge in [-0.2, -0.15) is 0 Å². The Hall–Kier alpha value is -1.98. The fourth-order valence-corrected chi connectivity index (χ4v) is 1.70. The van der Waals surface area contributed by atoms with E-state index in [1.165, 1.54) is 12.1 Å². The molecule has 0 bridgehead atoms. The maximum absolute atomic E-state index is 13.7. The van der Waals surface area contributed by atoms with Crippen molar-refractivity contribution in [3.05, 3.63) is 64.9 Å². The number of rotatable bonds is 3. The molecule has 2 aromatic carbocycles. The second-order valence-corrected chi connectivity index (χ2v) is 4.08. The number of terminal acetylenes is 1. The Morgan fingerprint density at radius 2 is 1.89 bits per heavy atom. The monoisotopic (exact) mass is 260 g/mol. The summed E-state index contributed by atoms with van der Waals surface area (Å²) < 4.78 is 19.3. The van der Waals surface area contributed by atoms with Crippen molar-refractivity contribution in [1.82, 2.24) is 0 Å². The van der Waals surface area contributed by atoms with Crippen molar-refractivity contribution in [2.75, 3.05) is 0 Å². The minimum atomic E-state index is -0.773. The van der Waals surface area contributed by atoms with Gasteiger partial charge in [-0.1, -0.05) is 35.7 Å². The molecule has 0 aliphatic carbocycles. The molecule has 0 aliphatic heterocycles. The van der Waals surface area contributed by atoms with Crippen LogP contribution in [0, 0.1) is 18.2 Å². The van der Waals surface area contributed by atoms with Gasteiger partial charge in [-0.05, 0) is 30.3 Å². The highest BCUT2D eigenvalue weighted by Gasteiger charge is 2.15. The molecule has 0 saturated carbocycles. The van der Waals surface area contributed by atoms with Crippen LogP contribution in [-0.4, -0.2) is 0 Å². The molecule has 1 nitrogen and oxygen atoms in total. The van der Waals surface area contributed by atoms with Gasteiger partial charge in [-0.3, -0.25) is 0 Å². The lowest BCUT2D eigenvalue weighted by Crippen LogP contribution is -2.07. The van der Waals surface area contributed by atoms with Crippen LogP contribution < -0.4 is 4.74 Å². The van der Waals surface area contributed by atoms with E-state index in [0.29, 0.717) is 16.3 Å². The minimum Gasteiger partial charge on any atom is -0.473 e. The normalized spacial score (nSPS) is 11.6. The van der Waals surface area contributed by atoms with Crippen LogP contribution in [0.1, 0.15) is 11.7 Å². The smallest absolute Gasteiger partial charge is 0.186 e. The maximum Gasteiger partial charge on any atom is 0.186 e. The first-order valence-corrected chi connectivity index (χ1v) is 5.71. The molecule has 0 N–H and O–H groups in total. The molecule has 0 heterocycles. The van der Waals surface area contributed by atoms with Crippen LogP contribution >= 0.6 is 11.6 Å². The van der Waals surface area contributed by atoms with Gasteiger partial charge in [0.1, 0.15) is 11.6 Å². The Balaban J connectivity index is 2.27. The molecule has 0 fully saturated rings. The third kappa shape index (κ3) is 2.82. The topological polar surface area (TPSA) is 9.23 Å². The summed E-state index contributed by atoms with van der Waals surface area (Å²) in [5.74, 6) is 2.54. The summed E-state index contributed by atoms with van der Waals surface area (Å²) in [4.78, 5) is 0. The van der Waals surface area contributed by atoms with Crippen LogP contribution in [0.25, 0.3) is 0 Å². The summed E-state index contributed by atoms with van der Waals surface area (Å²) >= 11 is 5.69. The number of hydrogen-bond donors (Lipinski definition) is 0. The predicted molar refractivity (Wildman–Crippen MR) is 70.1 cm³/mol. The second-order valence-electron chi connectivity index (χ2n) is 3.64. The zero-order valence-corrected chi connectivity index (χ0v) is 10.2. The first-order valence-electron chi connectivity index (χ1n) is 5.33. The van der Waals surface area contributed by atoms with Gasteiger partial charge in [0.15, 0.2) is 6.10 Å². The number of ether oxygens (including phenoxy) is 1. The molecular formula is C15H10ClFO. The van der Waals surface area contributed by atoms with Gasteiger partial charge < -0.3 is 4.74 Å². The molecule has 2 aromatic rings. The van der Waals surface area contributed by atoms with Gasteiger partial charge in [0.25, 0.3) is 0 Å². The standard InChI is InChI=1S/C15H10ClFO/c1-2-15(18-12-6-4-3-5-7-12)13-9-8-11(16)10-14(13)17/h1,3-10,15H. The van der Waals surface area contributed by atoms with Gasteiger partial charge in [0.05, 0.1) is 0 Å². The summed E-state index contributed by atoms with van der Waals surface area (Å²) in [7, 11) is 0. The lowest BCUT2D eigenvalue weighted by Gasteiger charge is -2.14. The van der Waals surface area contributed by atoms with E-state index in [-0.39, 0.29) is 0 Å². The molecule has 2 rings (SSSR count). The van der Waals surface area contributed by atoms with Crippen LogP contribution in [0.3, 0.4) is 0 Å². The Kier molecular flexibility index (Phi) is 3.86. The van der Waals surface area contributed by atoms with E-state index in [4.69, 9.17) is 22.8 Å². The van der Waals surface area contributed by atoms with Crippen LogP contribution in [0.4, 0.5) is 4.39 Å². The highest BCUT2D eigenvalue weighted by molar-refractivity contribution is 6.30. The minimum absolute atomic E-state index is 0.297. The number of halogens is 2. The van der Waals surface area contributed by atoms with E-state index < -0.39 is 11.9 Å². The molecule has 1 atom stereocenters. The van der Waals surface area contributed by atoms with Gasteiger partial charge in [-0.25, -0.2) is 4.39 Å². The van der Waals surface area contributed by atoms with E-state index in [9.17, 15) is 4.39 Å². The SMILES string of the molecule is C#CC(Oc1ccccc1)c1ccc(Cl)cc1F. The summed E-state index contributed by atoms with van der Waals surface area (Å²) in [5.41, 5.74) is 0.297. The van der Waals surface area contributed by atoms with Crippen molar-refractivity contribution in [2.24, 2.45) is 0 Å². The Morgan fingerprint density at radius 1 is 1.17 bits per heavy atom. The summed E-state index contributed by atoms with van der Waals surface area (Å²) in [6.45, 7) is 0. The first-order chi connectivity index (χ1) is 8.70. The molecule has 0 aliphatic rings. The van der Waals surface area contributed by atoms with Gasteiger partial charge in [0.2, 0.25) is 0 Å². The van der Waals surface area contributed by atoms with Crippen molar-refractivity contribution in [3.8, 4) is 18.1 Å². The van der Waals surface area contributed by atoms with Crippen molar-refractivity contribution in [2.45, 2.75) is 6.10 Å². The van der Waals surface area contributed by atoms with Crippen LogP contribution in [-0.2, 0) is 0 Å². The molecule has 18 heavy (non-hydrogen) atoms. The van der Waals surface area contributed by atoms with Crippen molar-refractivity contribution < 1.29 is 9.13 Å². The average molecular weight is 261 g/mol. The molecular weight excluding hydrogens is 251 g/mol. The highest BCUT2D eigenvalue weighted by atomic mass is 35.5. The lowest BCUT2D eigenvalue weighted by molar-refractivity contribution is 0.259. The third-order valence-electron chi connectivity index (χ3n) is 2.39. The van der Waals surface area contributed by atoms with Gasteiger partial charge >= 0.3 is 0 Å². The summed E-state index contributed by atoms with van der Waals surface area (Å²) in [5, 5.41) is 0.326. The summed E-state index contributed by atoms with van der Waals surface area (Å²) in [6.07, 6.45) is 4.61. The average Bonchev–Trinajstić information content (AvgIpc) is 2.38. The molecule has 0 radical (unpaired) electrons. The zero-order chi connectivity index (χ0) is 13.0. The number of para-hydroxylation sites is 1. The second kappa shape index (κ2) is 5.57. The largest absolute Gasteiger partial charge is 0.473 e. The molecule has 1 unspecified atom stereocenters. The number of benzene rings is 2. The molecule has 0 amide bonds. The van der Waals surface area contributed by atoms with Crippen LogP contribution in [0.15, 0.2) is 48.5 Å². The summed E-state index contributed by atoms with van der Waals surface area (Å²) in [6, 6.07) is 13.4. The molecule has 3 heteroatoms. The Bertz CT molecular complexity index is 575. The van der Waals surface area contributed by atoms with E-state index in [1.54, 1.807) is 18.2 Å². The third-order valence-corrected chi connectivity index (χ3v) is 2.63. The zero-order valence-electron chi connectivity index (χ0n) is 9.44. The van der Waals surface area contributed by atoms with Gasteiger partial charge in [-0.15, -0.1) is 6.42 Å². The van der Waals surface area contributed by atoms with E-state index in [0.717, 1.165) is 0 Å². The number of hydrogen-bond acceptors (Lipinski definition) is 1. The lowest BCUT2D eigenvalue weighted by atomic mass is 10.1. The fraction of sp³-hybridized carbons (Fsp3) is 0.0667. The first kappa shape index (κ1) is 12.5. The quantitative estimate of drug-likeness (QED) is 0.751.